The summed E-state index contributed by atoms with van der Waals surface area (Å²) in [5, 5.41) is 14.1. The lowest BCUT2D eigenvalue weighted by molar-refractivity contribution is -0.569. The number of aryl methyl sites for hydroxylation is 1. The van der Waals surface area contributed by atoms with Gasteiger partial charge in [-0.15, -0.1) is 4.57 Å². The van der Waals surface area contributed by atoms with Crippen molar-refractivity contribution in [2.24, 2.45) is 0 Å². The minimum absolute atomic E-state index is 0.0150. The fourth-order valence-electron chi connectivity index (χ4n) is 5.49. The van der Waals surface area contributed by atoms with E-state index in [4.69, 9.17) is 0 Å². The molecule has 1 amide bonds. The summed E-state index contributed by atoms with van der Waals surface area (Å²) in [6.07, 6.45) is 2.78. The van der Waals surface area contributed by atoms with E-state index in [0.29, 0.717) is 11.3 Å². The summed E-state index contributed by atoms with van der Waals surface area (Å²) in [6.45, 7) is 11.5. The fourth-order valence-corrected chi connectivity index (χ4v) is 5.49. The summed E-state index contributed by atoms with van der Waals surface area (Å²) in [7, 11) is 0. The van der Waals surface area contributed by atoms with Gasteiger partial charge in [-0.25, -0.2) is 22.7 Å². The van der Waals surface area contributed by atoms with E-state index in [2.05, 4.69) is 16.5 Å². The minimum Gasteiger partial charge on any atom is -0.710 e. The molecule has 0 aliphatic carbocycles. The van der Waals surface area contributed by atoms with Crippen LogP contribution in [-0.4, -0.2) is 51.0 Å². The maximum Gasteiger partial charge on any atom is 0.442 e. The number of carbonyl (C=O) groups is 1. The van der Waals surface area contributed by atoms with Crippen molar-refractivity contribution >= 4 is 22.8 Å². The topological polar surface area (TPSA) is 98.3 Å². The third-order valence-corrected chi connectivity index (χ3v) is 7.49. The molecule has 1 fully saturated rings. The van der Waals surface area contributed by atoms with Gasteiger partial charge >= 0.3 is 11.3 Å². The number of rotatable bonds is 5. The molecule has 0 radical (unpaired) electrons. The van der Waals surface area contributed by atoms with Crippen LogP contribution < -0.4 is 15.3 Å². The average Bonchev–Trinajstić information content (AvgIpc) is 2.94. The Labute approximate surface area is 239 Å². The lowest BCUT2D eigenvalue weighted by Crippen LogP contribution is -2.54. The zero-order valence-corrected chi connectivity index (χ0v) is 23.6. The van der Waals surface area contributed by atoms with Gasteiger partial charge in [0, 0.05) is 31.9 Å². The van der Waals surface area contributed by atoms with E-state index >= 15 is 4.39 Å². The number of amides is 1. The van der Waals surface area contributed by atoms with E-state index in [1.54, 1.807) is 35.9 Å². The molecule has 1 aliphatic heterocycles. The van der Waals surface area contributed by atoms with Crippen molar-refractivity contribution in [3.05, 3.63) is 93.6 Å². The molecule has 0 bridgehead atoms. The van der Waals surface area contributed by atoms with Crippen LogP contribution in [0.3, 0.4) is 0 Å². The molecule has 4 aromatic rings. The van der Waals surface area contributed by atoms with Crippen LogP contribution in [0.4, 0.5) is 19.0 Å². The highest BCUT2D eigenvalue weighted by atomic mass is 19.1. The Balaban J connectivity index is 1.88. The summed E-state index contributed by atoms with van der Waals surface area (Å²) < 4.78 is 46.7. The first-order valence-corrected chi connectivity index (χ1v) is 13.4. The van der Waals surface area contributed by atoms with Crippen LogP contribution in [0, 0.1) is 29.6 Å². The van der Waals surface area contributed by atoms with E-state index in [0.717, 1.165) is 28.8 Å². The van der Waals surface area contributed by atoms with E-state index in [1.165, 1.54) is 6.08 Å². The van der Waals surface area contributed by atoms with Crippen LogP contribution in [0.25, 0.3) is 28.0 Å². The number of nitrogens with zero attached hydrogens (tertiary/aromatic N) is 6. The van der Waals surface area contributed by atoms with Gasteiger partial charge in [0.1, 0.15) is 17.0 Å². The van der Waals surface area contributed by atoms with Gasteiger partial charge in [0.15, 0.2) is 23.0 Å². The first-order valence-electron chi connectivity index (χ1n) is 13.4. The summed E-state index contributed by atoms with van der Waals surface area (Å²) in [5.74, 6) is -3.92. The molecule has 9 nitrogen and oxygen atoms in total. The molecule has 42 heavy (non-hydrogen) atoms. The molecule has 1 aliphatic rings. The summed E-state index contributed by atoms with van der Waals surface area (Å²) in [5.41, 5.74) is -1.67. The van der Waals surface area contributed by atoms with Crippen molar-refractivity contribution in [2.45, 2.75) is 39.7 Å². The second-order valence-corrected chi connectivity index (χ2v) is 10.6. The first kappa shape index (κ1) is 28.8. The Bertz CT molecular complexity index is 1790. The third kappa shape index (κ3) is 4.66. The second kappa shape index (κ2) is 10.9. The van der Waals surface area contributed by atoms with Gasteiger partial charge in [-0.3, -0.25) is 9.78 Å². The highest BCUT2D eigenvalue weighted by Crippen LogP contribution is 2.33. The molecular formula is C30H29F3N6O3. The molecule has 1 saturated heterocycles. The summed E-state index contributed by atoms with van der Waals surface area (Å²) in [4.78, 5) is 38.2. The Hall–Kier alpha value is -4.74. The minimum atomic E-state index is -1.20. The SMILES string of the molecule is C=CC(=O)N1CCN(c2nc(=O)n(-c3c(C)ccnc3C(C)C)c3c2cc(F)c(-c2c(F)cccc2F)[n+]3[O-])[C@@H](C)C1. The number of pyridine rings is 2. The lowest BCUT2D eigenvalue weighted by atomic mass is 10.0. The van der Waals surface area contributed by atoms with Gasteiger partial charge in [0.25, 0.3) is 0 Å². The van der Waals surface area contributed by atoms with Gasteiger partial charge in [0.05, 0.1) is 11.3 Å². The van der Waals surface area contributed by atoms with Crippen LogP contribution >= 0.6 is 0 Å². The standard InChI is InChI=1S/C30H29F3N6O3/c1-6-23(40)36-12-13-37(18(5)15-36)28-19-14-22(33)27(24-20(31)8-7-9-21(24)32)39(42)29(19)38(30(41)35-28)26-17(4)10-11-34-25(26)16(2)3/h6-11,14,16,18H,1,12-13,15H2,2-5H3/t18-/m0/s1. The number of hydrogen-bond donors (Lipinski definition) is 0. The fraction of sp³-hybridized carbons (Fsp3) is 0.300. The van der Waals surface area contributed by atoms with Crippen LogP contribution in [0.15, 0.2) is 54.0 Å². The molecule has 5 rings (SSSR count). The quantitative estimate of drug-likeness (QED) is 0.201. The number of aromatic nitrogens is 4. The van der Waals surface area contributed by atoms with Gasteiger partial charge in [-0.05, 0) is 55.7 Å². The number of fused-ring (bicyclic) bond motifs is 1. The Kier molecular flexibility index (Phi) is 7.48. The van der Waals surface area contributed by atoms with E-state index in [1.807, 2.05) is 13.8 Å². The predicted octanol–water partition coefficient (Wildman–Crippen LogP) is 4.15. The number of hydrogen-bond acceptors (Lipinski definition) is 6. The number of benzene rings is 1. The highest BCUT2D eigenvalue weighted by Gasteiger charge is 2.35. The molecule has 0 N–H and O–H groups in total. The molecule has 0 saturated carbocycles. The number of carbonyl (C=O) groups excluding carboxylic acids is 1. The largest absolute Gasteiger partial charge is 0.710 e. The van der Waals surface area contributed by atoms with Crippen molar-refractivity contribution in [3.8, 4) is 16.9 Å². The Morgan fingerprint density at radius 3 is 2.48 bits per heavy atom. The van der Waals surface area contributed by atoms with Crippen LogP contribution in [0.5, 0.6) is 0 Å². The number of anilines is 1. The second-order valence-electron chi connectivity index (χ2n) is 10.6. The monoisotopic (exact) mass is 578 g/mol. The smallest absolute Gasteiger partial charge is 0.442 e. The van der Waals surface area contributed by atoms with Crippen molar-refractivity contribution < 1.29 is 22.7 Å². The zero-order chi connectivity index (χ0) is 30.5. The first-order chi connectivity index (χ1) is 20.0. The van der Waals surface area contributed by atoms with Gasteiger partial charge in [0.2, 0.25) is 5.91 Å². The summed E-state index contributed by atoms with van der Waals surface area (Å²) in [6, 6.07) is 5.18. The molecule has 4 heterocycles. The van der Waals surface area contributed by atoms with Crippen molar-refractivity contribution in [2.75, 3.05) is 24.5 Å². The Morgan fingerprint density at radius 1 is 1.17 bits per heavy atom. The maximum atomic E-state index is 15.8. The normalized spacial score (nSPS) is 15.5. The van der Waals surface area contributed by atoms with Gasteiger partial charge in [-0.2, -0.15) is 4.98 Å². The molecule has 3 aromatic heterocycles. The van der Waals surface area contributed by atoms with Gasteiger partial charge in [-0.1, -0.05) is 26.5 Å². The maximum absolute atomic E-state index is 15.8. The molecule has 218 valence electrons. The molecule has 0 spiro atoms. The molecular weight excluding hydrogens is 549 g/mol. The van der Waals surface area contributed by atoms with Crippen LogP contribution in [0.1, 0.15) is 37.9 Å². The zero-order valence-electron chi connectivity index (χ0n) is 23.6. The van der Waals surface area contributed by atoms with Crippen molar-refractivity contribution in [1.29, 1.82) is 0 Å². The number of piperazine rings is 1. The third-order valence-electron chi connectivity index (χ3n) is 7.49. The molecule has 12 heteroatoms. The van der Waals surface area contributed by atoms with E-state index in [-0.39, 0.29) is 64.8 Å². The number of halogens is 3. The van der Waals surface area contributed by atoms with Gasteiger partial charge < -0.3 is 15.0 Å². The average molecular weight is 579 g/mol. The molecule has 0 unspecified atom stereocenters. The van der Waals surface area contributed by atoms with Crippen LogP contribution in [-0.2, 0) is 4.79 Å². The van der Waals surface area contributed by atoms with E-state index < -0.39 is 34.4 Å². The Morgan fingerprint density at radius 2 is 1.86 bits per heavy atom. The lowest BCUT2D eigenvalue weighted by Gasteiger charge is -2.40. The van der Waals surface area contributed by atoms with Crippen LogP contribution in [0.2, 0.25) is 0 Å². The molecule has 1 aromatic carbocycles. The highest BCUT2D eigenvalue weighted by molar-refractivity contribution is 5.89. The van der Waals surface area contributed by atoms with Crippen molar-refractivity contribution in [1.82, 2.24) is 19.4 Å². The van der Waals surface area contributed by atoms with Crippen molar-refractivity contribution in [3.63, 3.8) is 0 Å². The predicted molar refractivity (Wildman–Crippen MR) is 152 cm³/mol. The van der Waals surface area contributed by atoms with E-state index in [9.17, 15) is 23.6 Å². The molecule has 1 atom stereocenters. The summed E-state index contributed by atoms with van der Waals surface area (Å²) >= 11 is 0.